The van der Waals surface area contributed by atoms with Gasteiger partial charge in [-0.1, -0.05) is 23.7 Å². The lowest BCUT2D eigenvalue weighted by atomic mass is 10.2. The van der Waals surface area contributed by atoms with Gasteiger partial charge < -0.3 is 15.0 Å². The Bertz CT molecular complexity index is 809. The fourth-order valence-electron chi connectivity index (χ4n) is 2.79. The summed E-state index contributed by atoms with van der Waals surface area (Å²) in [6.07, 6.45) is 1.26. The quantitative estimate of drug-likeness (QED) is 0.793. The molecule has 1 fully saturated rings. The largest absolute Gasteiger partial charge is 0.454 e. The van der Waals surface area contributed by atoms with Crippen molar-refractivity contribution in [2.75, 3.05) is 18.5 Å². The molecule has 1 atom stereocenters. The van der Waals surface area contributed by atoms with Gasteiger partial charge in [0, 0.05) is 17.3 Å². The molecule has 1 aliphatic rings. The highest BCUT2D eigenvalue weighted by atomic mass is 35.5. The van der Waals surface area contributed by atoms with Crippen LogP contribution in [-0.4, -0.2) is 41.9 Å². The van der Waals surface area contributed by atoms with Crippen molar-refractivity contribution >= 4 is 46.4 Å². The second-order valence-corrected chi connectivity index (χ2v) is 7.18. The van der Waals surface area contributed by atoms with Crippen molar-refractivity contribution in [1.29, 1.82) is 0 Å². The molecule has 0 spiro atoms. The van der Waals surface area contributed by atoms with Crippen LogP contribution >= 0.6 is 22.9 Å². The van der Waals surface area contributed by atoms with Gasteiger partial charge in [-0.05, 0) is 42.5 Å². The maximum absolute atomic E-state index is 12.5. The first-order chi connectivity index (χ1) is 12.5. The zero-order valence-electron chi connectivity index (χ0n) is 13.8. The summed E-state index contributed by atoms with van der Waals surface area (Å²) in [6.45, 7) is 0.0914. The molecule has 3 rings (SSSR count). The van der Waals surface area contributed by atoms with Crippen LogP contribution < -0.4 is 5.32 Å². The molecule has 26 heavy (non-hydrogen) atoms. The van der Waals surface area contributed by atoms with E-state index in [-0.39, 0.29) is 5.91 Å². The number of amides is 2. The predicted octanol–water partition coefficient (Wildman–Crippen LogP) is 3.19. The third-order valence-corrected chi connectivity index (χ3v) is 5.06. The Kier molecular flexibility index (Phi) is 5.90. The van der Waals surface area contributed by atoms with Crippen LogP contribution in [0, 0.1) is 0 Å². The van der Waals surface area contributed by atoms with E-state index in [1.807, 2.05) is 5.38 Å². The fraction of sp³-hybridized carbons (Fsp3) is 0.278. The van der Waals surface area contributed by atoms with Gasteiger partial charge in [-0.15, -0.1) is 11.3 Å². The Hall–Kier alpha value is -2.38. The molecule has 2 aromatic rings. The van der Waals surface area contributed by atoms with Gasteiger partial charge in [0.25, 0.3) is 11.8 Å². The van der Waals surface area contributed by atoms with Crippen molar-refractivity contribution in [3.8, 4) is 0 Å². The first-order valence-electron chi connectivity index (χ1n) is 8.11. The number of halogens is 1. The summed E-state index contributed by atoms with van der Waals surface area (Å²) < 4.78 is 5.11. The minimum absolute atomic E-state index is 0.178. The highest BCUT2D eigenvalue weighted by Gasteiger charge is 2.36. The third-order valence-electron chi connectivity index (χ3n) is 3.97. The van der Waals surface area contributed by atoms with Crippen molar-refractivity contribution in [2.24, 2.45) is 0 Å². The molecule has 0 bridgehead atoms. The van der Waals surface area contributed by atoms with Crippen molar-refractivity contribution < 1.29 is 19.1 Å². The van der Waals surface area contributed by atoms with Gasteiger partial charge in [0.2, 0.25) is 0 Å². The molecular weight excluding hydrogens is 376 g/mol. The van der Waals surface area contributed by atoms with Gasteiger partial charge in [-0.2, -0.15) is 0 Å². The summed E-state index contributed by atoms with van der Waals surface area (Å²) in [6, 6.07) is 9.55. The third kappa shape index (κ3) is 4.42. The lowest BCUT2D eigenvalue weighted by Gasteiger charge is -2.22. The van der Waals surface area contributed by atoms with Crippen LogP contribution in [0.5, 0.6) is 0 Å². The average Bonchev–Trinajstić information content (AvgIpc) is 3.30. The summed E-state index contributed by atoms with van der Waals surface area (Å²) in [7, 11) is 0. The number of carbonyl (C=O) groups is 3. The van der Waals surface area contributed by atoms with Gasteiger partial charge in [-0.3, -0.25) is 9.59 Å². The lowest BCUT2D eigenvalue weighted by molar-refractivity contribution is -0.151. The van der Waals surface area contributed by atoms with E-state index in [1.54, 1.807) is 36.4 Å². The molecule has 0 saturated carbocycles. The topological polar surface area (TPSA) is 75.7 Å². The highest BCUT2D eigenvalue weighted by molar-refractivity contribution is 7.12. The van der Waals surface area contributed by atoms with Gasteiger partial charge in [0.15, 0.2) is 6.61 Å². The Morgan fingerprint density at radius 3 is 2.85 bits per heavy atom. The Labute approximate surface area is 159 Å². The smallest absolute Gasteiger partial charge is 0.329 e. The number of likely N-dealkylation sites (tertiary alicyclic amines) is 1. The van der Waals surface area contributed by atoms with Crippen LogP contribution in [0.25, 0.3) is 0 Å². The molecule has 2 amide bonds. The summed E-state index contributed by atoms with van der Waals surface area (Å²) in [4.78, 5) is 38.8. The van der Waals surface area contributed by atoms with Crippen LogP contribution in [0.2, 0.25) is 5.02 Å². The molecular formula is C18H17ClN2O4S. The maximum Gasteiger partial charge on any atom is 0.329 e. The predicted molar refractivity (Wildman–Crippen MR) is 99.4 cm³/mol. The first kappa shape index (κ1) is 18.4. The van der Waals surface area contributed by atoms with Crippen LogP contribution in [0.3, 0.4) is 0 Å². The van der Waals surface area contributed by atoms with Crippen LogP contribution in [-0.2, 0) is 14.3 Å². The van der Waals surface area contributed by atoms with Gasteiger partial charge in [0.05, 0.1) is 4.88 Å². The van der Waals surface area contributed by atoms with E-state index in [0.29, 0.717) is 28.6 Å². The highest BCUT2D eigenvalue weighted by Crippen LogP contribution is 2.23. The Morgan fingerprint density at radius 2 is 2.12 bits per heavy atom. The molecule has 1 aromatic heterocycles. The van der Waals surface area contributed by atoms with E-state index < -0.39 is 24.5 Å². The zero-order valence-corrected chi connectivity index (χ0v) is 15.4. The number of ether oxygens (including phenoxy) is 1. The molecule has 6 nitrogen and oxygen atoms in total. The molecule has 1 saturated heterocycles. The van der Waals surface area contributed by atoms with E-state index in [9.17, 15) is 14.4 Å². The molecule has 0 radical (unpaired) electrons. The summed E-state index contributed by atoms with van der Waals surface area (Å²) in [5.41, 5.74) is 0.522. The second kappa shape index (κ2) is 8.33. The van der Waals surface area contributed by atoms with Crippen LogP contribution in [0.1, 0.15) is 22.5 Å². The monoisotopic (exact) mass is 392 g/mol. The summed E-state index contributed by atoms with van der Waals surface area (Å²) in [5, 5.41) is 4.92. The number of nitrogens with zero attached hydrogens (tertiary/aromatic N) is 1. The Morgan fingerprint density at radius 1 is 1.27 bits per heavy atom. The Balaban J connectivity index is 1.54. The molecule has 0 aliphatic carbocycles. The number of hydrogen-bond donors (Lipinski definition) is 1. The minimum Gasteiger partial charge on any atom is -0.454 e. The SMILES string of the molecule is O=C(COC(=O)[C@@H]1CCCN1C(=O)c1cccs1)Nc1cccc(Cl)c1. The number of rotatable bonds is 5. The number of carbonyl (C=O) groups excluding carboxylic acids is 3. The molecule has 8 heteroatoms. The van der Waals surface area contributed by atoms with Crippen molar-refractivity contribution in [1.82, 2.24) is 4.90 Å². The van der Waals surface area contributed by atoms with Crippen molar-refractivity contribution in [3.05, 3.63) is 51.7 Å². The lowest BCUT2D eigenvalue weighted by Crippen LogP contribution is -2.41. The summed E-state index contributed by atoms with van der Waals surface area (Å²) >= 11 is 7.19. The minimum atomic E-state index is -0.649. The van der Waals surface area contributed by atoms with Crippen LogP contribution in [0.15, 0.2) is 41.8 Å². The van der Waals surface area contributed by atoms with Crippen LogP contribution in [0.4, 0.5) is 5.69 Å². The molecule has 1 aromatic carbocycles. The van der Waals surface area contributed by atoms with E-state index >= 15 is 0 Å². The van der Waals surface area contributed by atoms with Gasteiger partial charge >= 0.3 is 5.97 Å². The molecule has 136 valence electrons. The van der Waals surface area contributed by atoms with Gasteiger partial charge in [-0.25, -0.2) is 4.79 Å². The molecule has 1 aliphatic heterocycles. The standard InChI is InChI=1S/C18H17ClN2O4S/c19-12-4-1-5-13(10-12)20-16(22)11-25-18(24)14-6-2-8-21(14)17(23)15-7-3-9-26-15/h1,3-5,7,9-10,14H,2,6,8,11H2,(H,20,22)/t14-/m0/s1. The zero-order chi connectivity index (χ0) is 18.5. The number of benzene rings is 1. The number of nitrogens with one attached hydrogen (secondary N) is 1. The number of anilines is 1. The molecule has 1 N–H and O–H groups in total. The van der Waals surface area contributed by atoms with E-state index in [0.717, 1.165) is 6.42 Å². The van der Waals surface area contributed by atoms with E-state index in [4.69, 9.17) is 16.3 Å². The van der Waals surface area contributed by atoms with Gasteiger partial charge in [0.1, 0.15) is 6.04 Å². The number of hydrogen-bond acceptors (Lipinski definition) is 5. The number of thiophene rings is 1. The van der Waals surface area contributed by atoms with Crippen molar-refractivity contribution in [3.63, 3.8) is 0 Å². The average molecular weight is 393 g/mol. The normalized spacial score (nSPS) is 16.3. The fourth-order valence-corrected chi connectivity index (χ4v) is 3.66. The maximum atomic E-state index is 12.5. The summed E-state index contributed by atoms with van der Waals surface area (Å²) in [5.74, 6) is -1.20. The second-order valence-electron chi connectivity index (χ2n) is 5.80. The van der Waals surface area contributed by atoms with E-state index in [2.05, 4.69) is 5.32 Å². The molecule has 2 heterocycles. The van der Waals surface area contributed by atoms with E-state index in [1.165, 1.54) is 16.2 Å². The number of esters is 1. The molecule has 0 unspecified atom stereocenters. The first-order valence-corrected chi connectivity index (χ1v) is 9.37. The van der Waals surface area contributed by atoms with Crippen molar-refractivity contribution in [2.45, 2.75) is 18.9 Å².